The molecule has 0 aliphatic rings. The molecule has 2 aromatic heterocycles. The predicted octanol–water partition coefficient (Wildman–Crippen LogP) is 3.43. The highest BCUT2D eigenvalue weighted by atomic mass is 32.1. The molecule has 0 radical (unpaired) electrons. The number of aryl methyl sites for hydroxylation is 2. The molecule has 1 unspecified atom stereocenters. The Labute approximate surface area is 123 Å². The molecule has 2 rings (SSSR count). The van der Waals surface area contributed by atoms with Crippen LogP contribution in [0, 0.1) is 13.8 Å². The zero-order chi connectivity index (χ0) is 14.9. The summed E-state index contributed by atoms with van der Waals surface area (Å²) < 4.78 is 0. The summed E-state index contributed by atoms with van der Waals surface area (Å²) in [6.45, 7) is 10.3. The van der Waals surface area contributed by atoms with Gasteiger partial charge in [-0.1, -0.05) is 13.8 Å². The van der Waals surface area contributed by atoms with Gasteiger partial charge in [0.05, 0.1) is 16.7 Å². The summed E-state index contributed by atoms with van der Waals surface area (Å²) >= 11 is 1.71. The van der Waals surface area contributed by atoms with E-state index in [9.17, 15) is 0 Å². The normalized spacial score (nSPS) is 12.7. The van der Waals surface area contributed by atoms with Crippen molar-refractivity contribution < 1.29 is 0 Å². The van der Waals surface area contributed by atoms with Crippen molar-refractivity contribution in [1.82, 2.24) is 15.0 Å². The fraction of sp³-hybridized carbons (Fsp3) is 0.500. The summed E-state index contributed by atoms with van der Waals surface area (Å²) in [5, 5.41) is 4.47. The van der Waals surface area contributed by atoms with Gasteiger partial charge >= 0.3 is 0 Å². The number of nitrogen functional groups attached to an aromatic ring is 1. The molecule has 20 heavy (non-hydrogen) atoms. The molecule has 0 aliphatic heterocycles. The van der Waals surface area contributed by atoms with Crippen LogP contribution in [-0.2, 0) is 0 Å². The third-order valence-corrected chi connectivity index (χ3v) is 4.23. The largest absolute Gasteiger partial charge is 0.384 e. The van der Waals surface area contributed by atoms with E-state index in [1.54, 1.807) is 17.4 Å². The Bertz CT molecular complexity index is 606. The molecule has 6 heteroatoms. The van der Waals surface area contributed by atoms with Gasteiger partial charge in [-0.05, 0) is 20.8 Å². The van der Waals surface area contributed by atoms with Crippen LogP contribution in [0.15, 0.2) is 6.07 Å². The maximum atomic E-state index is 5.84. The Morgan fingerprint density at radius 3 is 2.40 bits per heavy atom. The Morgan fingerprint density at radius 1 is 1.15 bits per heavy atom. The standard InChI is InChI=1S/C14H21N5S/c1-7(2)14-18-11(15)6-12(19-14)17-9(4)13-8(3)16-10(5)20-13/h6-7,9H,1-5H3,(H3,15,17,18,19). The molecule has 108 valence electrons. The highest BCUT2D eigenvalue weighted by molar-refractivity contribution is 7.11. The van der Waals surface area contributed by atoms with Crippen molar-refractivity contribution in [2.45, 2.75) is 46.6 Å². The molecule has 2 aromatic rings. The number of aromatic nitrogens is 3. The zero-order valence-corrected chi connectivity index (χ0v) is 13.4. The van der Waals surface area contributed by atoms with Crippen molar-refractivity contribution in [2.75, 3.05) is 11.1 Å². The van der Waals surface area contributed by atoms with Crippen LogP contribution in [0.2, 0.25) is 0 Å². The van der Waals surface area contributed by atoms with E-state index < -0.39 is 0 Å². The van der Waals surface area contributed by atoms with Crippen molar-refractivity contribution in [1.29, 1.82) is 0 Å². The average Bonchev–Trinajstić information content (AvgIpc) is 2.67. The number of nitrogens with zero attached hydrogens (tertiary/aromatic N) is 3. The smallest absolute Gasteiger partial charge is 0.135 e. The van der Waals surface area contributed by atoms with Crippen LogP contribution >= 0.6 is 11.3 Å². The maximum Gasteiger partial charge on any atom is 0.135 e. The second-order valence-corrected chi connectivity index (χ2v) is 6.47. The first kappa shape index (κ1) is 14.7. The van der Waals surface area contributed by atoms with Gasteiger partial charge in [0.2, 0.25) is 0 Å². The molecular formula is C14H21N5S. The van der Waals surface area contributed by atoms with Gasteiger partial charge in [-0.15, -0.1) is 11.3 Å². The number of anilines is 2. The third kappa shape index (κ3) is 3.25. The van der Waals surface area contributed by atoms with Crippen molar-refractivity contribution >= 4 is 23.0 Å². The summed E-state index contributed by atoms with van der Waals surface area (Å²) in [6.07, 6.45) is 0. The maximum absolute atomic E-state index is 5.84. The van der Waals surface area contributed by atoms with E-state index in [1.807, 2.05) is 13.8 Å². The SMILES string of the molecule is Cc1nc(C)c(C(C)Nc2cc(N)nc(C(C)C)n2)s1. The van der Waals surface area contributed by atoms with Crippen LogP contribution in [0.4, 0.5) is 11.6 Å². The number of hydrogen-bond donors (Lipinski definition) is 2. The minimum Gasteiger partial charge on any atom is -0.384 e. The van der Waals surface area contributed by atoms with E-state index in [-0.39, 0.29) is 12.0 Å². The first-order chi connectivity index (χ1) is 9.36. The monoisotopic (exact) mass is 291 g/mol. The summed E-state index contributed by atoms with van der Waals surface area (Å²) in [6, 6.07) is 1.92. The van der Waals surface area contributed by atoms with Crippen molar-refractivity contribution in [3.8, 4) is 0 Å². The van der Waals surface area contributed by atoms with Gasteiger partial charge in [0, 0.05) is 16.9 Å². The van der Waals surface area contributed by atoms with Crippen LogP contribution in [0.5, 0.6) is 0 Å². The summed E-state index contributed by atoms with van der Waals surface area (Å²) in [5.41, 5.74) is 6.91. The van der Waals surface area contributed by atoms with E-state index in [0.717, 1.165) is 22.3 Å². The quantitative estimate of drug-likeness (QED) is 0.902. The van der Waals surface area contributed by atoms with Gasteiger partial charge in [0.25, 0.3) is 0 Å². The van der Waals surface area contributed by atoms with Gasteiger partial charge in [-0.2, -0.15) is 0 Å². The molecular weight excluding hydrogens is 270 g/mol. The predicted molar refractivity (Wildman–Crippen MR) is 84.2 cm³/mol. The first-order valence-electron chi connectivity index (χ1n) is 6.71. The molecule has 2 heterocycles. The summed E-state index contributed by atoms with van der Waals surface area (Å²) in [7, 11) is 0. The number of nitrogens with two attached hydrogens (primary N) is 1. The number of nitrogens with one attached hydrogen (secondary N) is 1. The topological polar surface area (TPSA) is 76.7 Å². The lowest BCUT2D eigenvalue weighted by molar-refractivity contribution is 0.771. The number of rotatable bonds is 4. The van der Waals surface area contributed by atoms with Gasteiger partial charge < -0.3 is 11.1 Å². The fourth-order valence-electron chi connectivity index (χ4n) is 2.05. The average molecular weight is 291 g/mol. The molecule has 0 saturated carbocycles. The van der Waals surface area contributed by atoms with Crippen LogP contribution in [-0.4, -0.2) is 15.0 Å². The molecule has 0 spiro atoms. The summed E-state index contributed by atoms with van der Waals surface area (Å²) in [4.78, 5) is 14.5. The molecule has 0 aromatic carbocycles. The van der Waals surface area contributed by atoms with Gasteiger partial charge in [0.15, 0.2) is 0 Å². The van der Waals surface area contributed by atoms with Crippen molar-refractivity contribution in [3.63, 3.8) is 0 Å². The van der Waals surface area contributed by atoms with Crippen LogP contribution < -0.4 is 11.1 Å². The molecule has 0 saturated heterocycles. The van der Waals surface area contributed by atoms with E-state index >= 15 is 0 Å². The van der Waals surface area contributed by atoms with Gasteiger partial charge in [0.1, 0.15) is 17.5 Å². The lowest BCUT2D eigenvalue weighted by Crippen LogP contribution is -2.11. The molecule has 3 N–H and O–H groups in total. The Balaban J connectivity index is 2.23. The third-order valence-electron chi connectivity index (χ3n) is 2.98. The van der Waals surface area contributed by atoms with Crippen LogP contribution in [0.25, 0.3) is 0 Å². The van der Waals surface area contributed by atoms with Crippen LogP contribution in [0.3, 0.4) is 0 Å². The zero-order valence-electron chi connectivity index (χ0n) is 12.6. The lowest BCUT2D eigenvalue weighted by Gasteiger charge is -2.15. The van der Waals surface area contributed by atoms with E-state index in [2.05, 4.69) is 41.0 Å². The van der Waals surface area contributed by atoms with Crippen LogP contribution in [0.1, 0.15) is 54.1 Å². The second kappa shape index (κ2) is 5.75. The van der Waals surface area contributed by atoms with Crippen molar-refractivity contribution in [3.05, 3.63) is 27.5 Å². The van der Waals surface area contributed by atoms with E-state index in [1.165, 1.54) is 4.88 Å². The summed E-state index contributed by atoms with van der Waals surface area (Å²) in [5.74, 6) is 2.27. The first-order valence-corrected chi connectivity index (χ1v) is 7.53. The minimum atomic E-state index is 0.149. The van der Waals surface area contributed by atoms with E-state index in [4.69, 9.17) is 5.73 Å². The molecule has 0 amide bonds. The number of thiazole rings is 1. The molecule has 0 fully saturated rings. The Kier molecular flexibility index (Phi) is 4.23. The van der Waals surface area contributed by atoms with Gasteiger partial charge in [-0.3, -0.25) is 0 Å². The van der Waals surface area contributed by atoms with Crippen molar-refractivity contribution in [2.24, 2.45) is 0 Å². The highest BCUT2D eigenvalue weighted by Gasteiger charge is 2.14. The number of hydrogen-bond acceptors (Lipinski definition) is 6. The highest BCUT2D eigenvalue weighted by Crippen LogP contribution is 2.27. The van der Waals surface area contributed by atoms with Gasteiger partial charge in [-0.25, -0.2) is 15.0 Å². The molecule has 0 bridgehead atoms. The molecule has 5 nitrogen and oxygen atoms in total. The Hall–Kier alpha value is -1.69. The fourth-order valence-corrected chi connectivity index (χ4v) is 2.98. The second-order valence-electron chi connectivity index (χ2n) is 5.24. The molecule has 0 aliphatic carbocycles. The minimum absolute atomic E-state index is 0.149. The van der Waals surface area contributed by atoms with E-state index in [0.29, 0.717) is 5.82 Å². The Morgan fingerprint density at radius 2 is 1.85 bits per heavy atom. The lowest BCUT2D eigenvalue weighted by atomic mass is 10.2. The molecule has 1 atom stereocenters.